The Morgan fingerprint density at radius 1 is 1.38 bits per heavy atom. The van der Waals surface area contributed by atoms with E-state index in [1.807, 2.05) is 4.68 Å². The molecule has 1 aromatic rings. The summed E-state index contributed by atoms with van der Waals surface area (Å²) in [6, 6.07) is 0. The Morgan fingerprint density at radius 2 is 2.14 bits per heavy atom. The van der Waals surface area contributed by atoms with Crippen molar-refractivity contribution < 1.29 is 14.3 Å². The standard InChI is InChI=1S/C14H26N4O3/c1-12(2)9-18-13(15-11-16-18)10-17(7-8-20-3)6-5-14(19)21-4/h11-12H,5-10H2,1-4H3. The minimum absolute atomic E-state index is 0.207. The Hall–Kier alpha value is -1.47. The molecule has 0 saturated carbocycles. The Kier molecular flexibility index (Phi) is 7.92. The van der Waals surface area contributed by atoms with Crippen molar-refractivity contribution in [3.05, 3.63) is 12.2 Å². The number of hydrogen-bond donors (Lipinski definition) is 0. The summed E-state index contributed by atoms with van der Waals surface area (Å²) in [6.07, 6.45) is 1.94. The number of aromatic nitrogens is 3. The number of methoxy groups -OCH3 is 2. The molecule has 7 nitrogen and oxygen atoms in total. The quantitative estimate of drug-likeness (QED) is 0.599. The maximum Gasteiger partial charge on any atom is 0.306 e. The van der Waals surface area contributed by atoms with Gasteiger partial charge in [0.05, 0.1) is 26.7 Å². The van der Waals surface area contributed by atoms with E-state index in [0.29, 0.717) is 32.0 Å². The van der Waals surface area contributed by atoms with Crippen LogP contribution in [0.1, 0.15) is 26.1 Å². The van der Waals surface area contributed by atoms with Gasteiger partial charge in [-0.15, -0.1) is 0 Å². The highest BCUT2D eigenvalue weighted by atomic mass is 16.5. The zero-order valence-electron chi connectivity index (χ0n) is 13.4. The van der Waals surface area contributed by atoms with E-state index in [1.165, 1.54) is 7.11 Å². The number of ether oxygens (including phenoxy) is 2. The van der Waals surface area contributed by atoms with Crippen LogP contribution >= 0.6 is 0 Å². The molecule has 0 fully saturated rings. The van der Waals surface area contributed by atoms with Crippen LogP contribution < -0.4 is 0 Å². The first-order valence-electron chi connectivity index (χ1n) is 7.21. The van der Waals surface area contributed by atoms with Gasteiger partial charge in [-0.2, -0.15) is 5.10 Å². The van der Waals surface area contributed by atoms with Crippen LogP contribution in [-0.4, -0.2) is 59.5 Å². The smallest absolute Gasteiger partial charge is 0.306 e. The van der Waals surface area contributed by atoms with Gasteiger partial charge in [-0.05, 0) is 5.92 Å². The van der Waals surface area contributed by atoms with Crippen molar-refractivity contribution in [2.45, 2.75) is 33.4 Å². The second kappa shape index (κ2) is 9.46. The van der Waals surface area contributed by atoms with Crippen LogP contribution in [0.4, 0.5) is 0 Å². The number of hydrogen-bond acceptors (Lipinski definition) is 6. The highest BCUT2D eigenvalue weighted by Crippen LogP contribution is 2.06. The number of carbonyl (C=O) groups excluding carboxylic acids is 1. The minimum Gasteiger partial charge on any atom is -0.469 e. The molecule has 0 radical (unpaired) electrons. The van der Waals surface area contributed by atoms with Crippen LogP contribution in [-0.2, 0) is 27.4 Å². The van der Waals surface area contributed by atoms with Crippen LogP contribution in [0.2, 0.25) is 0 Å². The molecule has 120 valence electrons. The van der Waals surface area contributed by atoms with E-state index >= 15 is 0 Å². The molecule has 0 atom stereocenters. The molecule has 1 heterocycles. The molecule has 0 aliphatic heterocycles. The van der Waals surface area contributed by atoms with Gasteiger partial charge in [-0.1, -0.05) is 13.8 Å². The van der Waals surface area contributed by atoms with Crippen molar-refractivity contribution in [2.24, 2.45) is 5.92 Å². The van der Waals surface area contributed by atoms with Crippen molar-refractivity contribution in [2.75, 3.05) is 33.9 Å². The fourth-order valence-corrected chi connectivity index (χ4v) is 1.95. The van der Waals surface area contributed by atoms with Gasteiger partial charge in [0.1, 0.15) is 12.2 Å². The monoisotopic (exact) mass is 298 g/mol. The van der Waals surface area contributed by atoms with Gasteiger partial charge in [0, 0.05) is 26.7 Å². The third-order valence-electron chi connectivity index (χ3n) is 3.07. The molecule has 0 amide bonds. The molecular formula is C14H26N4O3. The SMILES string of the molecule is COCCN(CCC(=O)OC)Cc1ncnn1CC(C)C. The molecule has 0 aliphatic carbocycles. The minimum atomic E-state index is -0.207. The lowest BCUT2D eigenvalue weighted by molar-refractivity contribution is -0.141. The summed E-state index contributed by atoms with van der Waals surface area (Å²) in [5, 5.41) is 4.26. The fraction of sp³-hybridized carbons (Fsp3) is 0.786. The molecule has 1 rings (SSSR count). The predicted molar refractivity (Wildman–Crippen MR) is 78.6 cm³/mol. The third-order valence-corrected chi connectivity index (χ3v) is 3.07. The molecule has 1 aromatic heterocycles. The van der Waals surface area contributed by atoms with Gasteiger partial charge in [0.25, 0.3) is 0 Å². The van der Waals surface area contributed by atoms with Crippen molar-refractivity contribution in [1.82, 2.24) is 19.7 Å². The number of carbonyl (C=O) groups is 1. The highest BCUT2D eigenvalue weighted by Gasteiger charge is 2.13. The third kappa shape index (κ3) is 6.68. The lowest BCUT2D eigenvalue weighted by Gasteiger charge is -2.21. The molecule has 0 aliphatic rings. The first-order valence-corrected chi connectivity index (χ1v) is 7.21. The van der Waals surface area contributed by atoms with E-state index in [0.717, 1.165) is 18.9 Å². The highest BCUT2D eigenvalue weighted by molar-refractivity contribution is 5.69. The van der Waals surface area contributed by atoms with Gasteiger partial charge < -0.3 is 9.47 Å². The summed E-state index contributed by atoms with van der Waals surface area (Å²) >= 11 is 0. The Labute approximate surface area is 126 Å². The van der Waals surface area contributed by atoms with Crippen LogP contribution in [0.25, 0.3) is 0 Å². The van der Waals surface area contributed by atoms with Gasteiger partial charge >= 0.3 is 5.97 Å². The summed E-state index contributed by atoms with van der Waals surface area (Å²) in [4.78, 5) is 17.7. The lowest BCUT2D eigenvalue weighted by Crippen LogP contribution is -2.31. The zero-order valence-corrected chi connectivity index (χ0v) is 13.4. The van der Waals surface area contributed by atoms with Crippen LogP contribution in [0.5, 0.6) is 0 Å². The molecule has 0 saturated heterocycles. The molecule has 7 heteroatoms. The predicted octanol–water partition coefficient (Wildman–Crippen LogP) is 0.946. The number of rotatable bonds is 10. The summed E-state index contributed by atoms with van der Waals surface area (Å²) in [7, 11) is 3.07. The lowest BCUT2D eigenvalue weighted by atomic mass is 10.2. The van der Waals surface area contributed by atoms with Crippen molar-refractivity contribution in [1.29, 1.82) is 0 Å². The molecule has 0 aromatic carbocycles. The van der Waals surface area contributed by atoms with Crippen molar-refractivity contribution in [3.8, 4) is 0 Å². The average molecular weight is 298 g/mol. The largest absolute Gasteiger partial charge is 0.469 e. The number of esters is 1. The Bertz CT molecular complexity index is 420. The van der Waals surface area contributed by atoms with Crippen molar-refractivity contribution >= 4 is 5.97 Å². The Morgan fingerprint density at radius 3 is 2.76 bits per heavy atom. The Balaban J connectivity index is 2.62. The van der Waals surface area contributed by atoms with Gasteiger partial charge in [-0.25, -0.2) is 9.67 Å². The molecule has 0 unspecified atom stereocenters. The van der Waals surface area contributed by atoms with Crippen LogP contribution in [0, 0.1) is 5.92 Å². The van der Waals surface area contributed by atoms with E-state index in [-0.39, 0.29) is 5.97 Å². The second-order valence-corrected chi connectivity index (χ2v) is 5.35. The fourth-order valence-electron chi connectivity index (χ4n) is 1.95. The molecule has 0 N–H and O–H groups in total. The van der Waals surface area contributed by atoms with Gasteiger partial charge in [0.2, 0.25) is 0 Å². The van der Waals surface area contributed by atoms with E-state index < -0.39 is 0 Å². The normalized spacial score (nSPS) is 11.3. The first kappa shape index (κ1) is 17.6. The topological polar surface area (TPSA) is 69.5 Å². The van der Waals surface area contributed by atoms with Crippen LogP contribution in [0.3, 0.4) is 0 Å². The molecular weight excluding hydrogens is 272 g/mol. The summed E-state index contributed by atoms with van der Waals surface area (Å²) in [5.74, 6) is 1.21. The molecule has 0 bridgehead atoms. The average Bonchev–Trinajstić information content (AvgIpc) is 2.87. The molecule has 21 heavy (non-hydrogen) atoms. The van der Waals surface area contributed by atoms with E-state index in [4.69, 9.17) is 4.74 Å². The maximum atomic E-state index is 11.3. The maximum absolute atomic E-state index is 11.3. The van der Waals surface area contributed by atoms with E-state index in [1.54, 1.807) is 13.4 Å². The van der Waals surface area contributed by atoms with Gasteiger partial charge in [-0.3, -0.25) is 9.69 Å². The second-order valence-electron chi connectivity index (χ2n) is 5.35. The molecule has 0 spiro atoms. The van der Waals surface area contributed by atoms with E-state index in [2.05, 4.69) is 33.6 Å². The van der Waals surface area contributed by atoms with Crippen molar-refractivity contribution in [3.63, 3.8) is 0 Å². The zero-order chi connectivity index (χ0) is 15.7. The summed E-state index contributed by atoms with van der Waals surface area (Å²) in [5.41, 5.74) is 0. The number of nitrogens with zero attached hydrogens (tertiary/aromatic N) is 4. The first-order chi connectivity index (χ1) is 10.1. The van der Waals surface area contributed by atoms with Crippen LogP contribution in [0.15, 0.2) is 6.33 Å². The summed E-state index contributed by atoms with van der Waals surface area (Å²) in [6.45, 7) is 7.74. The summed E-state index contributed by atoms with van der Waals surface area (Å²) < 4.78 is 11.7. The van der Waals surface area contributed by atoms with Gasteiger partial charge in [0.15, 0.2) is 0 Å². The van der Waals surface area contributed by atoms with E-state index in [9.17, 15) is 4.79 Å².